The number of carbonyl (C=O) groups is 1. The van der Waals surface area contributed by atoms with Crippen LogP contribution in [-0.4, -0.2) is 12.5 Å². The summed E-state index contributed by atoms with van der Waals surface area (Å²) in [7, 11) is 0. The van der Waals surface area contributed by atoms with Crippen molar-refractivity contribution in [3.63, 3.8) is 0 Å². The number of amides is 1. The third-order valence-corrected chi connectivity index (χ3v) is 4.09. The third-order valence-electron chi connectivity index (χ3n) is 4.09. The molecule has 106 valence electrons. The Hall–Kier alpha value is -1.82. The normalized spacial score (nSPS) is 16.6. The van der Waals surface area contributed by atoms with E-state index < -0.39 is 5.92 Å². The van der Waals surface area contributed by atoms with E-state index in [-0.39, 0.29) is 5.91 Å². The van der Waals surface area contributed by atoms with E-state index in [9.17, 15) is 4.79 Å². The van der Waals surface area contributed by atoms with Gasteiger partial charge >= 0.3 is 0 Å². The van der Waals surface area contributed by atoms with Gasteiger partial charge in [-0.1, -0.05) is 56.0 Å². The molecule has 1 aliphatic carbocycles. The Morgan fingerprint density at radius 3 is 2.65 bits per heavy atom. The number of hydrogen-bond acceptors (Lipinski definition) is 2. The van der Waals surface area contributed by atoms with E-state index in [0.29, 0.717) is 6.54 Å². The summed E-state index contributed by atoms with van der Waals surface area (Å²) in [6, 6.07) is 11.3. The molecule has 1 aromatic carbocycles. The lowest BCUT2D eigenvalue weighted by Crippen LogP contribution is -2.29. The highest BCUT2D eigenvalue weighted by molar-refractivity contribution is 5.86. The fourth-order valence-electron chi connectivity index (χ4n) is 2.93. The fourth-order valence-corrected chi connectivity index (χ4v) is 2.93. The molecule has 0 aliphatic heterocycles. The van der Waals surface area contributed by atoms with Gasteiger partial charge in [0.15, 0.2) is 0 Å². The van der Waals surface area contributed by atoms with Crippen molar-refractivity contribution < 1.29 is 4.79 Å². The van der Waals surface area contributed by atoms with Crippen molar-refractivity contribution in [3.05, 3.63) is 35.9 Å². The largest absolute Gasteiger partial charge is 0.355 e. The molecule has 1 unspecified atom stereocenters. The van der Waals surface area contributed by atoms with Crippen molar-refractivity contribution in [2.24, 2.45) is 5.92 Å². The van der Waals surface area contributed by atoms with Crippen LogP contribution in [-0.2, 0) is 4.79 Å². The molecule has 1 aromatic rings. The number of nitriles is 1. The highest BCUT2D eigenvalue weighted by Gasteiger charge is 2.19. The second kappa shape index (κ2) is 7.69. The summed E-state index contributed by atoms with van der Waals surface area (Å²) in [5.41, 5.74) is 0.767. The van der Waals surface area contributed by atoms with Gasteiger partial charge in [0, 0.05) is 6.54 Å². The molecule has 0 bridgehead atoms. The quantitative estimate of drug-likeness (QED) is 0.806. The zero-order valence-electron chi connectivity index (χ0n) is 11.8. The first-order valence-electron chi connectivity index (χ1n) is 7.53. The molecule has 3 heteroatoms. The highest BCUT2D eigenvalue weighted by atomic mass is 16.1. The van der Waals surface area contributed by atoms with E-state index in [1.807, 2.05) is 30.3 Å². The number of nitrogens with one attached hydrogen (secondary N) is 1. The molecule has 0 aromatic heterocycles. The molecular formula is C17H22N2O. The lowest BCUT2D eigenvalue weighted by molar-refractivity contribution is -0.121. The van der Waals surface area contributed by atoms with Crippen LogP contribution in [0.1, 0.15) is 50.0 Å². The van der Waals surface area contributed by atoms with E-state index >= 15 is 0 Å². The summed E-state index contributed by atoms with van der Waals surface area (Å²) < 4.78 is 0. The fraction of sp³-hybridized carbons (Fsp3) is 0.529. The van der Waals surface area contributed by atoms with E-state index in [4.69, 9.17) is 5.26 Å². The summed E-state index contributed by atoms with van der Waals surface area (Å²) in [5, 5.41) is 12.1. The first-order valence-corrected chi connectivity index (χ1v) is 7.53. The molecular weight excluding hydrogens is 248 g/mol. The average molecular weight is 270 g/mol. The van der Waals surface area contributed by atoms with Crippen LogP contribution in [0.3, 0.4) is 0 Å². The van der Waals surface area contributed by atoms with E-state index in [2.05, 4.69) is 11.4 Å². The molecule has 1 amide bonds. The summed E-state index contributed by atoms with van der Waals surface area (Å²) >= 11 is 0. The second-order valence-corrected chi connectivity index (χ2v) is 5.56. The number of carbonyl (C=O) groups excluding carboxylic acids is 1. The summed E-state index contributed by atoms with van der Waals surface area (Å²) in [5.74, 6) is -0.0133. The maximum atomic E-state index is 12.0. The van der Waals surface area contributed by atoms with Crippen molar-refractivity contribution in [3.8, 4) is 6.07 Å². The van der Waals surface area contributed by atoms with Gasteiger partial charge in [-0.15, -0.1) is 0 Å². The Bertz CT molecular complexity index is 458. The lowest BCUT2D eigenvalue weighted by atomic mass is 9.99. The van der Waals surface area contributed by atoms with Gasteiger partial charge < -0.3 is 5.32 Å². The van der Waals surface area contributed by atoms with E-state index in [1.54, 1.807) is 0 Å². The smallest absolute Gasteiger partial charge is 0.241 e. The van der Waals surface area contributed by atoms with Crippen molar-refractivity contribution in [2.45, 2.75) is 44.4 Å². The van der Waals surface area contributed by atoms with Crippen molar-refractivity contribution in [2.75, 3.05) is 6.54 Å². The number of rotatable bonds is 6. The van der Waals surface area contributed by atoms with Crippen LogP contribution < -0.4 is 5.32 Å². The minimum absolute atomic E-state index is 0.176. The van der Waals surface area contributed by atoms with Gasteiger partial charge in [0.05, 0.1) is 6.07 Å². The third kappa shape index (κ3) is 4.09. The van der Waals surface area contributed by atoms with Gasteiger partial charge in [-0.05, 0) is 24.3 Å². The van der Waals surface area contributed by atoms with Crippen LogP contribution in [0.4, 0.5) is 0 Å². The molecule has 0 radical (unpaired) electrons. The predicted molar refractivity (Wildman–Crippen MR) is 79.0 cm³/mol. The summed E-state index contributed by atoms with van der Waals surface area (Å²) in [6.45, 7) is 0.681. The molecule has 0 saturated heterocycles. The van der Waals surface area contributed by atoms with Gasteiger partial charge in [0.25, 0.3) is 0 Å². The molecule has 1 atom stereocenters. The number of hydrogen-bond donors (Lipinski definition) is 1. The molecule has 0 heterocycles. The maximum Gasteiger partial charge on any atom is 0.241 e. The van der Waals surface area contributed by atoms with Crippen LogP contribution in [0.2, 0.25) is 0 Å². The second-order valence-electron chi connectivity index (χ2n) is 5.56. The summed E-state index contributed by atoms with van der Waals surface area (Å²) in [6.07, 6.45) is 7.63. The minimum atomic E-state index is -0.692. The van der Waals surface area contributed by atoms with Crippen LogP contribution in [0.15, 0.2) is 30.3 Å². The first-order chi connectivity index (χ1) is 9.81. The molecule has 20 heavy (non-hydrogen) atoms. The highest BCUT2D eigenvalue weighted by Crippen LogP contribution is 2.28. The number of nitrogens with zero attached hydrogens (tertiary/aromatic N) is 1. The molecule has 3 nitrogen and oxygen atoms in total. The van der Waals surface area contributed by atoms with E-state index in [0.717, 1.165) is 17.9 Å². The Balaban J connectivity index is 1.74. The predicted octanol–water partition coefficient (Wildman–Crippen LogP) is 3.38. The van der Waals surface area contributed by atoms with Crippen LogP contribution in [0, 0.1) is 17.2 Å². The summed E-state index contributed by atoms with van der Waals surface area (Å²) in [4.78, 5) is 12.0. The van der Waals surface area contributed by atoms with Crippen LogP contribution in [0.25, 0.3) is 0 Å². The Labute approximate surface area is 121 Å². The Morgan fingerprint density at radius 2 is 2.00 bits per heavy atom. The average Bonchev–Trinajstić information content (AvgIpc) is 2.99. The molecule has 1 N–H and O–H groups in total. The van der Waals surface area contributed by atoms with Gasteiger partial charge in [-0.2, -0.15) is 5.26 Å². The lowest BCUT2D eigenvalue weighted by Gasteiger charge is -2.12. The van der Waals surface area contributed by atoms with Gasteiger partial charge in [-0.3, -0.25) is 4.79 Å². The van der Waals surface area contributed by atoms with Crippen molar-refractivity contribution >= 4 is 5.91 Å². The SMILES string of the molecule is N#CC(C(=O)NCCCC1CCCC1)c1ccccc1. The molecule has 2 rings (SSSR count). The Kier molecular flexibility index (Phi) is 5.61. The van der Waals surface area contributed by atoms with Crippen molar-refractivity contribution in [1.29, 1.82) is 5.26 Å². The van der Waals surface area contributed by atoms with Crippen LogP contribution >= 0.6 is 0 Å². The first kappa shape index (κ1) is 14.6. The van der Waals surface area contributed by atoms with Crippen LogP contribution in [0.5, 0.6) is 0 Å². The Morgan fingerprint density at radius 1 is 1.30 bits per heavy atom. The molecule has 1 fully saturated rings. The molecule has 0 spiro atoms. The van der Waals surface area contributed by atoms with Crippen molar-refractivity contribution in [1.82, 2.24) is 5.32 Å². The van der Waals surface area contributed by atoms with Gasteiger partial charge in [0.2, 0.25) is 5.91 Å². The van der Waals surface area contributed by atoms with E-state index in [1.165, 1.54) is 32.1 Å². The van der Waals surface area contributed by atoms with Gasteiger partial charge in [-0.25, -0.2) is 0 Å². The maximum absolute atomic E-state index is 12.0. The minimum Gasteiger partial charge on any atom is -0.355 e. The topological polar surface area (TPSA) is 52.9 Å². The monoisotopic (exact) mass is 270 g/mol. The molecule has 1 aliphatic rings. The standard InChI is InChI=1S/C17H22N2O/c18-13-16(15-10-2-1-3-11-15)17(20)19-12-6-9-14-7-4-5-8-14/h1-3,10-11,14,16H,4-9,12H2,(H,19,20). The number of benzene rings is 1. The van der Waals surface area contributed by atoms with Gasteiger partial charge in [0.1, 0.15) is 5.92 Å². The zero-order valence-corrected chi connectivity index (χ0v) is 11.8. The molecule has 1 saturated carbocycles. The zero-order chi connectivity index (χ0) is 14.2.